The summed E-state index contributed by atoms with van der Waals surface area (Å²) >= 11 is 0. The molecule has 0 spiro atoms. The van der Waals surface area contributed by atoms with Gasteiger partial charge in [-0.25, -0.2) is 13.2 Å². The summed E-state index contributed by atoms with van der Waals surface area (Å²) < 4.78 is 28.4. The number of carbonyl (C=O) groups excluding carboxylic acids is 1. The van der Waals surface area contributed by atoms with Crippen molar-refractivity contribution in [3.8, 4) is 0 Å². The molecule has 0 amide bonds. The summed E-state index contributed by atoms with van der Waals surface area (Å²) in [5.74, 6) is 0.175. The Bertz CT molecular complexity index is 666. The number of benzene rings is 1. The van der Waals surface area contributed by atoms with Crippen molar-refractivity contribution in [2.24, 2.45) is 0 Å². The van der Waals surface area contributed by atoms with E-state index < -0.39 is 9.84 Å². The Balaban J connectivity index is 1.82. The van der Waals surface area contributed by atoms with Crippen molar-refractivity contribution in [3.05, 3.63) is 35.4 Å². The van der Waals surface area contributed by atoms with E-state index in [9.17, 15) is 13.2 Å². The first-order chi connectivity index (χ1) is 10.5. The smallest absolute Gasteiger partial charge is 0.338 e. The van der Waals surface area contributed by atoms with E-state index in [4.69, 9.17) is 4.74 Å². The van der Waals surface area contributed by atoms with Gasteiger partial charge in [0, 0.05) is 18.6 Å². The molecule has 1 atom stereocenters. The minimum Gasteiger partial charge on any atom is -0.465 e. The molecule has 0 unspecified atom stereocenters. The van der Waals surface area contributed by atoms with Gasteiger partial charge in [-0.15, -0.1) is 0 Å². The number of hydrogen-bond donors (Lipinski definition) is 0. The number of esters is 1. The molecule has 5 nitrogen and oxygen atoms in total. The highest BCUT2D eigenvalue weighted by atomic mass is 32.2. The van der Waals surface area contributed by atoms with Gasteiger partial charge in [0.15, 0.2) is 9.84 Å². The van der Waals surface area contributed by atoms with Gasteiger partial charge in [0.25, 0.3) is 0 Å². The van der Waals surface area contributed by atoms with Crippen molar-refractivity contribution < 1.29 is 17.9 Å². The van der Waals surface area contributed by atoms with Crippen LogP contribution in [0.5, 0.6) is 0 Å². The zero-order valence-electron chi connectivity index (χ0n) is 12.7. The number of ether oxygens (including phenoxy) is 1. The molecular weight excluding hydrogens is 302 g/mol. The molecule has 120 valence electrons. The highest BCUT2D eigenvalue weighted by molar-refractivity contribution is 7.91. The number of hydrogen-bond acceptors (Lipinski definition) is 5. The Kier molecular flexibility index (Phi) is 4.23. The molecule has 6 heteroatoms. The minimum absolute atomic E-state index is 0.0724. The van der Waals surface area contributed by atoms with Crippen LogP contribution in [-0.2, 0) is 21.1 Å². The van der Waals surface area contributed by atoms with Gasteiger partial charge in [0.05, 0.1) is 24.2 Å². The zero-order chi connectivity index (χ0) is 15.7. The van der Waals surface area contributed by atoms with Crippen LogP contribution in [0.4, 0.5) is 0 Å². The zero-order valence-corrected chi connectivity index (χ0v) is 13.5. The molecule has 22 heavy (non-hydrogen) atoms. The largest absolute Gasteiger partial charge is 0.465 e. The van der Waals surface area contributed by atoms with Crippen LogP contribution in [0.1, 0.15) is 35.2 Å². The summed E-state index contributed by atoms with van der Waals surface area (Å²) in [6.45, 7) is 0.607. The lowest BCUT2D eigenvalue weighted by Gasteiger charge is -2.28. The first-order valence-corrected chi connectivity index (χ1v) is 9.45. The van der Waals surface area contributed by atoms with Crippen LogP contribution in [0.2, 0.25) is 0 Å². The van der Waals surface area contributed by atoms with Gasteiger partial charge in [0.1, 0.15) is 0 Å². The third-order valence-corrected chi connectivity index (χ3v) is 6.22. The molecule has 2 fully saturated rings. The van der Waals surface area contributed by atoms with Crippen molar-refractivity contribution in [2.75, 3.05) is 18.6 Å². The summed E-state index contributed by atoms with van der Waals surface area (Å²) in [4.78, 5) is 14.2. The fourth-order valence-electron chi connectivity index (χ4n) is 3.16. The number of nitrogens with zero attached hydrogens (tertiary/aromatic N) is 1. The maximum Gasteiger partial charge on any atom is 0.338 e. The molecule has 0 radical (unpaired) electrons. The SMILES string of the molecule is COC(=O)c1ccccc1CN(C1CC1)[C@H]1CCS(=O)(=O)C1. The van der Waals surface area contributed by atoms with Crippen LogP contribution >= 0.6 is 0 Å². The van der Waals surface area contributed by atoms with Crippen LogP contribution < -0.4 is 0 Å². The van der Waals surface area contributed by atoms with Gasteiger partial charge in [-0.2, -0.15) is 0 Å². The van der Waals surface area contributed by atoms with E-state index in [1.165, 1.54) is 7.11 Å². The van der Waals surface area contributed by atoms with Crippen molar-refractivity contribution >= 4 is 15.8 Å². The topological polar surface area (TPSA) is 63.7 Å². The standard InChI is InChI=1S/C16H21NO4S/c1-21-16(18)15-5-3-2-4-12(15)10-17(13-6-7-13)14-8-9-22(19,20)11-14/h2-5,13-14H,6-11H2,1H3/t14-/m0/s1. The van der Waals surface area contributed by atoms with Gasteiger partial charge < -0.3 is 4.74 Å². The molecule has 1 aromatic rings. The normalized spacial score (nSPS) is 23.6. The Morgan fingerprint density at radius 1 is 1.23 bits per heavy atom. The van der Waals surface area contributed by atoms with Gasteiger partial charge in [-0.05, 0) is 30.9 Å². The average Bonchev–Trinajstić information content (AvgIpc) is 3.28. The molecule has 3 rings (SSSR count). The van der Waals surface area contributed by atoms with E-state index in [1.54, 1.807) is 6.07 Å². The predicted octanol–water partition coefficient (Wildman–Crippen LogP) is 1.62. The minimum atomic E-state index is -2.90. The maximum absolute atomic E-state index is 11.9. The summed E-state index contributed by atoms with van der Waals surface area (Å²) in [6.07, 6.45) is 2.91. The van der Waals surface area contributed by atoms with Gasteiger partial charge in [-0.1, -0.05) is 18.2 Å². The van der Waals surface area contributed by atoms with E-state index in [2.05, 4.69) is 4.90 Å². The third kappa shape index (κ3) is 3.33. The molecular formula is C16H21NO4S. The van der Waals surface area contributed by atoms with E-state index in [1.807, 2.05) is 18.2 Å². The van der Waals surface area contributed by atoms with Crippen molar-refractivity contribution in [1.82, 2.24) is 4.90 Å². The summed E-state index contributed by atoms with van der Waals surface area (Å²) in [7, 11) is -1.53. The number of sulfone groups is 1. The second kappa shape index (κ2) is 6.01. The average molecular weight is 323 g/mol. The van der Waals surface area contributed by atoms with Crippen LogP contribution in [0.25, 0.3) is 0 Å². The molecule has 1 saturated carbocycles. The second-order valence-corrected chi connectivity index (χ2v) is 8.34. The maximum atomic E-state index is 11.9. The molecule has 1 saturated heterocycles. The van der Waals surface area contributed by atoms with Gasteiger partial charge in [-0.3, -0.25) is 4.90 Å². The predicted molar refractivity (Wildman–Crippen MR) is 83.4 cm³/mol. The Labute approximate surface area is 131 Å². The first-order valence-electron chi connectivity index (χ1n) is 7.62. The molecule has 1 heterocycles. The molecule has 2 aliphatic rings. The summed E-state index contributed by atoms with van der Waals surface area (Å²) in [5, 5.41) is 0. The lowest BCUT2D eigenvalue weighted by Crippen LogP contribution is -2.37. The van der Waals surface area contributed by atoms with Crippen molar-refractivity contribution in [1.29, 1.82) is 0 Å². The molecule has 0 bridgehead atoms. The molecule has 0 aromatic heterocycles. The van der Waals surface area contributed by atoms with E-state index in [-0.39, 0.29) is 23.5 Å². The molecule has 0 N–H and O–H groups in total. The third-order valence-electron chi connectivity index (χ3n) is 4.47. The second-order valence-electron chi connectivity index (χ2n) is 6.11. The number of methoxy groups -OCH3 is 1. The fraction of sp³-hybridized carbons (Fsp3) is 0.562. The van der Waals surface area contributed by atoms with Crippen molar-refractivity contribution in [3.63, 3.8) is 0 Å². The van der Waals surface area contributed by atoms with Crippen LogP contribution in [0.3, 0.4) is 0 Å². The molecule has 1 aliphatic heterocycles. The highest BCUT2D eigenvalue weighted by Gasteiger charge is 2.39. The van der Waals surface area contributed by atoms with Gasteiger partial charge in [0.2, 0.25) is 0 Å². The molecule has 1 aromatic carbocycles. The lowest BCUT2D eigenvalue weighted by molar-refractivity contribution is 0.0597. The quantitative estimate of drug-likeness (QED) is 0.771. The Hall–Kier alpha value is -1.40. The lowest BCUT2D eigenvalue weighted by atomic mass is 10.1. The summed E-state index contributed by atoms with van der Waals surface area (Å²) in [6, 6.07) is 7.92. The van der Waals surface area contributed by atoms with Crippen LogP contribution in [-0.4, -0.2) is 50.0 Å². The fourth-order valence-corrected chi connectivity index (χ4v) is 4.91. The Morgan fingerprint density at radius 2 is 1.95 bits per heavy atom. The number of rotatable bonds is 5. The van der Waals surface area contributed by atoms with Crippen LogP contribution in [0, 0.1) is 0 Å². The van der Waals surface area contributed by atoms with Crippen molar-refractivity contribution in [2.45, 2.75) is 37.9 Å². The summed E-state index contributed by atoms with van der Waals surface area (Å²) in [5.41, 5.74) is 1.47. The first kappa shape index (κ1) is 15.5. The molecule has 1 aliphatic carbocycles. The number of carbonyl (C=O) groups is 1. The monoisotopic (exact) mass is 323 g/mol. The van der Waals surface area contributed by atoms with Crippen LogP contribution in [0.15, 0.2) is 24.3 Å². The van der Waals surface area contributed by atoms with Gasteiger partial charge >= 0.3 is 5.97 Å². The highest BCUT2D eigenvalue weighted by Crippen LogP contribution is 2.34. The van der Waals surface area contributed by atoms with E-state index >= 15 is 0 Å². The van der Waals surface area contributed by atoms with E-state index in [0.29, 0.717) is 24.6 Å². The Morgan fingerprint density at radius 3 is 2.55 bits per heavy atom. The van der Waals surface area contributed by atoms with E-state index in [0.717, 1.165) is 18.4 Å².